The lowest BCUT2D eigenvalue weighted by atomic mass is 9.91. The van der Waals surface area contributed by atoms with Crippen molar-refractivity contribution < 1.29 is 124 Å². The van der Waals surface area contributed by atoms with E-state index in [9.17, 15) is 114 Å². The van der Waals surface area contributed by atoms with Crippen molar-refractivity contribution in [1.82, 2.24) is 0 Å². The van der Waals surface area contributed by atoms with Crippen LogP contribution in [0.1, 0.15) is 60.8 Å². The summed E-state index contributed by atoms with van der Waals surface area (Å²) in [6, 6.07) is 11.3. The first-order valence-corrected chi connectivity index (χ1v) is 18.4. The van der Waals surface area contributed by atoms with E-state index in [-0.39, 0.29) is 38.9 Å². The van der Waals surface area contributed by atoms with Crippen molar-refractivity contribution in [2.45, 2.75) is 142 Å². The molecule has 1 aliphatic heterocycles. The molecule has 1 saturated heterocycles. The molecule has 0 spiro atoms. The zero-order valence-corrected chi connectivity index (χ0v) is 32.2. The van der Waals surface area contributed by atoms with E-state index in [1.807, 2.05) is 0 Å². The van der Waals surface area contributed by atoms with Crippen molar-refractivity contribution in [1.29, 1.82) is 0 Å². The maximum atomic E-state index is 14.1. The minimum Gasteiger partial charge on any atom is -0.347 e. The first-order chi connectivity index (χ1) is 29.0. The lowest BCUT2D eigenvalue weighted by molar-refractivity contribution is -0.440. The summed E-state index contributed by atoms with van der Waals surface area (Å²) in [4.78, 5) is 0. The summed E-state index contributed by atoms with van der Waals surface area (Å²) >= 11 is 0. The number of hydrogen-bond donors (Lipinski definition) is 0. The molecule has 0 aromatic heterocycles. The normalized spacial score (nSPS) is 17.0. The van der Waals surface area contributed by atoms with E-state index in [4.69, 9.17) is 9.47 Å². The Hall–Kier alpha value is -3.46. The predicted molar refractivity (Wildman–Crippen MR) is 172 cm³/mol. The van der Waals surface area contributed by atoms with Gasteiger partial charge in [0.05, 0.1) is 13.2 Å². The third kappa shape index (κ3) is 10.4. The summed E-state index contributed by atoms with van der Waals surface area (Å²) in [7, 11) is 0. The molecule has 28 heteroatoms. The van der Waals surface area contributed by atoms with Gasteiger partial charge in [-0.25, -0.2) is 0 Å². The van der Waals surface area contributed by atoms with Gasteiger partial charge in [0.25, 0.3) is 0 Å². The SMILES string of the molecule is FC(F)(F)C(F)(F)C(F)(F)C(F)(F)C(F)(F)C(F)(F)CCCCc1ccc(CC2(Cc3ccc(CCCCC(F)(F)C(F)(F)C(F)(F)C(F)(F)C(F)(F)C(F)(F)F)cc3)OCCO2)cc1. The number of aryl methyl sites for hydroxylation is 2. The Morgan fingerprint density at radius 3 is 0.831 bits per heavy atom. The van der Waals surface area contributed by atoms with Gasteiger partial charge >= 0.3 is 71.6 Å². The van der Waals surface area contributed by atoms with Crippen LogP contribution < -0.4 is 0 Å². The molecule has 0 aliphatic carbocycles. The van der Waals surface area contributed by atoms with Crippen molar-refractivity contribution in [2.75, 3.05) is 13.2 Å². The number of unbranched alkanes of at least 4 members (excludes halogenated alkanes) is 2. The van der Waals surface area contributed by atoms with E-state index in [1.165, 1.54) is 48.5 Å². The van der Waals surface area contributed by atoms with Gasteiger partial charge in [-0.3, -0.25) is 0 Å². The molecule has 2 nitrogen and oxygen atoms in total. The Labute approximate surface area is 349 Å². The van der Waals surface area contributed by atoms with Gasteiger partial charge in [-0.2, -0.15) is 114 Å². The van der Waals surface area contributed by atoms with E-state index in [0.717, 1.165) is 0 Å². The second-order valence-electron chi connectivity index (χ2n) is 15.0. The molecule has 1 aliphatic rings. The van der Waals surface area contributed by atoms with E-state index in [1.54, 1.807) is 0 Å². The van der Waals surface area contributed by atoms with Gasteiger partial charge in [0, 0.05) is 25.7 Å². The van der Waals surface area contributed by atoms with E-state index < -0.39 is 116 Å². The molecule has 0 amide bonds. The van der Waals surface area contributed by atoms with Crippen LogP contribution in [0, 0.1) is 0 Å². The maximum absolute atomic E-state index is 14.1. The average molecular weight is 1000 g/mol. The lowest BCUT2D eigenvalue weighted by Crippen LogP contribution is -2.70. The Morgan fingerprint density at radius 2 is 0.569 bits per heavy atom. The zero-order valence-electron chi connectivity index (χ0n) is 32.2. The standard InChI is InChI=1S/C37H32F26O2/c38-26(39,28(42,43)30(46,47)32(50,51)34(54,55)36(58,59)60)15-3-1-5-21-7-11-23(12-8-21)19-25(64-17-18-65-25)20-24-13-9-22(10-14-24)6-2-4-16-27(40,41)29(44,45)31(48,49)33(52,53)35(56,57)37(61,62)63/h7-14H,1-6,15-20H2. The molecule has 0 radical (unpaired) electrons. The fraction of sp³-hybridized carbons (Fsp3) is 0.676. The van der Waals surface area contributed by atoms with Crippen LogP contribution in [0.4, 0.5) is 114 Å². The quantitative estimate of drug-likeness (QED) is 0.0864. The Kier molecular flexibility index (Phi) is 15.7. The van der Waals surface area contributed by atoms with Gasteiger partial charge in [-0.1, -0.05) is 48.5 Å². The molecule has 374 valence electrons. The summed E-state index contributed by atoms with van der Waals surface area (Å²) in [5.41, 5.74) is 1.56. The number of halogens is 26. The fourth-order valence-electron chi connectivity index (χ4n) is 6.30. The van der Waals surface area contributed by atoms with Crippen molar-refractivity contribution in [3.8, 4) is 0 Å². The molecule has 3 rings (SSSR count). The monoisotopic (exact) mass is 1000 g/mol. The van der Waals surface area contributed by atoms with Crippen LogP contribution in [0.25, 0.3) is 0 Å². The topological polar surface area (TPSA) is 18.5 Å². The van der Waals surface area contributed by atoms with Crippen molar-refractivity contribution in [3.63, 3.8) is 0 Å². The molecule has 0 saturated carbocycles. The van der Waals surface area contributed by atoms with Gasteiger partial charge in [0.15, 0.2) is 5.79 Å². The first kappa shape index (κ1) is 55.9. The smallest absolute Gasteiger partial charge is 0.347 e. The average Bonchev–Trinajstić information content (AvgIpc) is 3.62. The molecule has 0 bridgehead atoms. The largest absolute Gasteiger partial charge is 0.460 e. The third-order valence-corrected chi connectivity index (χ3v) is 10.2. The van der Waals surface area contributed by atoms with Gasteiger partial charge in [0.2, 0.25) is 0 Å². The van der Waals surface area contributed by atoms with Crippen LogP contribution in [0.3, 0.4) is 0 Å². The minimum atomic E-state index is -7.99. The van der Waals surface area contributed by atoms with Crippen LogP contribution in [0.2, 0.25) is 0 Å². The lowest BCUT2D eigenvalue weighted by Gasteiger charge is -2.39. The Morgan fingerprint density at radius 1 is 0.323 bits per heavy atom. The van der Waals surface area contributed by atoms with Crippen LogP contribution >= 0.6 is 0 Å². The summed E-state index contributed by atoms with van der Waals surface area (Å²) in [5, 5.41) is 0. The second kappa shape index (κ2) is 18.2. The summed E-state index contributed by atoms with van der Waals surface area (Å²) < 4.78 is 358. The highest BCUT2D eigenvalue weighted by molar-refractivity contribution is 5.27. The molecular weight excluding hydrogens is 970 g/mol. The molecule has 0 atom stereocenters. The number of hydrogen-bond acceptors (Lipinski definition) is 2. The molecule has 2 aromatic carbocycles. The van der Waals surface area contributed by atoms with Gasteiger partial charge in [-0.05, 0) is 60.8 Å². The van der Waals surface area contributed by atoms with E-state index in [2.05, 4.69) is 0 Å². The number of ether oxygens (including phenoxy) is 2. The van der Waals surface area contributed by atoms with Gasteiger partial charge in [0.1, 0.15) is 0 Å². The summed E-state index contributed by atoms with van der Waals surface area (Å²) in [6.07, 6.45) is -23.5. The molecule has 1 heterocycles. The summed E-state index contributed by atoms with van der Waals surface area (Å²) in [5.74, 6) is -75.9. The third-order valence-electron chi connectivity index (χ3n) is 10.2. The van der Waals surface area contributed by atoms with Crippen LogP contribution in [0.15, 0.2) is 48.5 Å². The number of benzene rings is 2. The predicted octanol–water partition coefficient (Wildman–Crippen LogP) is 14.1. The van der Waals surface area contributed by atoms with Crippen molar-refractivity contribution in [2.24, 2.45) is 0 Å². The van der Waals surface area contributed by atoms with Crippen LogP contribution in [-0.2, 0) is 35.2 Å². The number of alkyl halides is 26. The van der Waals surface area contributed by atoms with Crippen molar-refractivity contribution >= 4 is 0 Å². The second-order valence-corrected chi connectivity index (χ2v) is 15.0. The molecule has 1 fully saturated rings. The highest BCUT2D eigenvalue weighted by Crippen LogP contribution is 2.62. The first-order valence-electron chi connectivity index (χ1n) is 18.4. The molecule has 65 heavy (non-hydrogen) atoms. The molecular formula is C37H32F26O2. The fourth-order valence-corrected chi connectivity index (χ4v) is 6.30. The summed E-state index contributed by atoms with van der Waals surface area (Å²) in [6.45, 7) is 0.151. The van der Waals surface area contributed by atoms with Gasteiger partial charge in [-0.15, -0.1) is 0 Å². The molecule has 2 aromatic rings. The molecule has 0 N–H and O–H groups in total. The highest BCUT2D eigenvalue weighted by atomic mass is 19.4. The minimum absolute atomic E-state index is 0.000236. The highest BCUT2D eigenvalue weighted by Gasteiger charge is 2.92. The van der Waals surface area contributed by atoms with E-state index >= 15 is 0 Å². The Balaban J connectivity index is 1.56. The maximum Gasteiger partial charge on any atom is 0.460 e. The van der Waals surface area contributed by atoms with Crippen LogP contribution in [0.5, 0.6) is 0 Å². The van der Waals surface area contributed by atoms with E-state index in [0.29, 0.717) is 22.3 Å². The van der Waals surface area contributed by atoms with Gasteiger partial charge < -0.3 is 9.47 Å². The molecule has 0 unspecified atom stereocenters. The number of rotatable bonds is 22. The Bertz CT molecular complexity index is 1730. The zero-order chi connectivity index (χ0) is 50.4. The van der Waals surface area contributed by atoms with Crippen LogP contribution in [-0.4, -0.2) is 90.6 Å². The van der Waals surface area contributed by atoms with Crippen molar-refractivity contribution in [3.05, 3.63) is 70.8 Å².